The molecule has 2 heterocycles. The molecule has 51 heavy (non-hydrogen) atoms. The molecule has 0 radical (unpaired) electrons. The molecule has 276 valence electrons. The standard InChI is InChI=1S/C41H56N4O6/c1-11-46-36-22-30(23-37(47-12-2)40(36)50-28(5)6)34-18-16-32(26-42-34)44(9)20-15-21-45(10)33-17-19-35(43-27-33)31-24-38(48-13-3)41(51-29(7)8)39(25-31)49-14-4/h16-19,22-29H,11-15,20-21H2,1-10H3. The monoisotopic (exact) mass is 700 g/mol. The number of hydrogen-bond donors (Lipinski definition) is 0. The summed E-state index contributed by atoms with van der Waals surface area (Å²) >= 11 is 0. The van der Waals surface area contributed by atoms with Gasteiger partial charge in [0.05, 0.1) is 73.8 Å². The maximum absolute atomic E-state index is 6.07. The van der Waals surface area contributed by atoms with Crippen molar-refractivity contribution in [3.8, 4) is 57.0 Å². The van der Waals surface area contributed by atoms with E-state index in [0.717, 1.165) is 53.4 Å². The quantitative estimate of drug-likeness (QED) is 0.0891. The predicted octanol–water partition coefficient (Wildman–Crippen LogP) is 8.94. The third-order valence-electron chi connectivity index (χ3n) is 7.90. The Morgan fingerprint density at radius 1 is 0.529 bits per heavy atom. The molecular weight excluding hydrogens is 644 g/mol. The lowest BCUT2D eigenvalue weighted by Gasteiger charge is -2.23. The first-order valence-electron chi connectivity index (χ1n) is 18.1. The second-order valence-electron chi connectivity index (χ2n) is 12.7. The van der Waals surface area contributed by atoms with Crippen LogP contribution < -0.4 is 38.2 Å². The summed E-state index contributed by atoms with van der Waals surface area (Å²) in [6, 6.07) is 16.2. The topological polar surface area (TPSA) is 87.6 Å². The van der Waals surface area contributed by atoms with E-state index < -0.39 is 0 Å². The van der Waals surface area contributed by atoms with E-state index >= 15 is 0 Å². The Bertz CT molecular complexity index is 1480. The number of nitrogens with zero attached hydrogens (tertiary/aromatic N) is 4. The second kappa shape index (κ2) is 18.9. The van der Waals surface area contributed by atoms with Crippen LogP contribution in [0.2, 0.25) is 0 Å². The lowest BCUT2D eigenvalue weighted by atomic mass is 10.1. The van der Waals surface area contributed by atoms with Crippen LogP contribution in [0.3, 0.4) is 0 Å². The number of aromatic nitrogens is 2. The molecule has 0 bridgehead atoms. The van der Waals surface area contributed by atoms with Gasteiger partial charge in [-0.25, -0.2) is 0 Å². The molecule has 0 fully saturated rings. The molecule has 0 saturated heterocycles. The lowest BCUT2D eigenvalue weighted by Crippen LogP contribution is -2.25. The van der Waals surface area contributed by atoms with Gasteiger partial charge < -0.3 is 38.2 Å². The molecule has 0 N–H and O–H groups in total. The maximum atomic E-state index is 6.07. The number of hydrogen-bond acceptors (Lipinski definition) is 10. The van der Waals surface area contributed by atoms with Crippen LogP contribution in [0.1, 0.15) is 61.8 Å². The summed E-state index contributed by atoms with van der Waals surface area (Å²) in [6.07, 6.45) is 4.76. The van der Waals surface area contributed by atoms with E-state index in [0.29, 0.717) is 60.9 Å². The SMILES string of the molecule is CCOc1cc(-c2ccc(N(C)CCCN(C)c3ccc(-c4cc(OCC)c(OC(C)C)c(OCC)c4)nc3)cn2)cc(OCC)c1OC(C)C. The predicted molar refractivity (Wildman–Crippen MR) is 207 cm³/mol. The molecule has 2 aromatic carbocycles. The number of pyridine rings is 2. The van der Waals surface area contributed by atoms with E-state index in [1.807, 2.05) is 104 Å². The van der Waals surface area contributed by atoms with E-state index in [9.17, 15) is 0 Å². The molecule has 4 aromatic rings. The van der Waals surface area contributed by atoms with E-state index in [-0.39, 0.29) is 12.2 Å². The number of ether oxygens (including phenoxy) is 6. The van der Waals surface area contributed by atoms with Gasteiger partial charge in [0.15, 0.2) is 23.0 Å². The Morgan fingerprint density at radius 2 is 0.863 bits per heavy atom. The summed E-state index contributed by atoms with van der Waals surface area (Å²) in [4.78, 5) is 14.0. The van der Waals surface area contributed by atoms with E-state index in [2.05, 4.69) is 36.0 Å². The molecular formula is C41H56N4O6. The highest BCUT2D eigenvalue weighted by Gasteiger charge is 2.20. The van der Waals surface area contributed by atoms with Gasteiger partial charge in [-0.05, 0) is 110 Å². The van der Waals surface area contributed by atoms with Crippen molar-refractivity contribution in [2.24, 2.45) is 0 Å². The van der Waals surface area contributed by atoms with Gasteiger partial charge in [-0.15, -0.1) is 0 Å². The van der Waals surface area contributed by atoms with Gasteiger partial charge in [0.25, 0.3) is 0 Å². The largest absolute Gasteiger partial charge is 0.490 e. The fourth-order valence-corrected chi connectivity index (χ4v) is 5.57. The highest BCUT2D eigenvalue weighted by Crippen LogP contribution is 2.43. The third-order valence-corrected chi connectivity index (χ3v) is 7.90. The zero-order valence-electron chi connectivity index (χ0n) is 32.1. The Morgan fingerprint density at radius 3 is 1.12 bits per heavy atom. The van der Waals surface area contributed by atoms with Crippen molar-refractivity contribution >= 4 is 11.4 Å². The summed E-state index contributed by atoms with van der Waals surface area (Å²) in [6.45, 7) is 19.6. The van der Waals surface area contributed by atoms with Crippen molar-refractivity contribution in [1.29, 1.82) is 0 Å². The van der Waals surface area contributed by atoms with Crippen molar-refractivity contribution in [2.45, 2.75) is 74.0 Å². The van der Waals surface area contributed by atoms with Crippen LogP contribution in [0.15, 0.2) is 60.9 Å². The molecule has 10 heteroatoms. The molecule has 0 saturated carbocycles. The van der Waals surface area contributed by atoms with Crippen LogP contribution in [0.5, 0.6) is 34.5 Å². The zero-order valence-corrected chi connectivity index (χ0v) is 32.1. The highest BCUT2D eigenvalue weighted by molar-refractivity contribution is 5.71. The van der Waals surface area contributed by atoms with E-state index in [1.54, 1.807) is 0 Å². The molecule has 10 nitrogen and oxygen atoms in total. The molecule has 0 spiro atoms. The molecule has 0 aliphatic rings. The molecule has 0 aliphatic heterocycles. The summed E-state index contributed by atoms with van der Waals surface area (Å²) in [5.74, 6) is 3.87. The third kappa shape index (κ3) is 10.6. The molecule has 2 aromatic heterocycles. The summed E-state index contributed by atoms with van der Waals surface area (Å²) < 4.78 is 35.9. The van der Waals surface area contributed by atoms with Crippen molar-refractivity contribution in [2.75, 3.05) is 63.4 Å². The van der Waals surface area contributed by atoms with Gasteiger partial charge in [-0.3, -0.25) is 9.97 Å². The summed E-state index contributed by atoms with van der Waals surface area (Å²) in [7, 11) is 4.19. The van der Waals surface area contributed by atoms with Gasteiger partial charge in [0, 0.05) is 38.3 Å². The van der Waals surface area contributed by atoms with Crippen LogP contribution >= 0.6 is 0 Å². The van der Waals surface area contributed by atoms with Gasteiger partial charge in [0.1, 0.15) is 0 Å². The normalized spacial score (nSPS) is 11.1. The summed E-state index contributed by atoms with van der Waals surface area (Å²) in [5.41, 5.74) is 5.59. The van der Waals surface area contributed by atoms with Gasteiger partial charge >= 0.3 is 0 Å². The minimum Gasteiger partial charge on any atom is -0.490 e. The van der Waals surface area contributed by atoms with Gasteiger partial charge in [-0.2, -0.15) is 0 Å². The number of benzene rings is 2. The van der Waals surface area contributed by atoms with Crippen molar-refractivity contribution in [1.82, 2.24) is 9.97 Å². The Balaban J connectivity index is 1.39. The van der Waals surface area contributed by atoms with Crippen LogP contribution in [0.4, 0.5) is 11.4 Å². The first kappa shape index (κ1) is 38.9. The molecule has 0 atom stereocenters. The first-order valence-corrected chi connectivity index (χ1v) is 18.1. The lowest BCUT2D eigenvalue weighted by molar-refractivity contribution is 0.207. The molecule has 0 unspecified atom stereocenters. The minimum atomic E-state index is -0.0111. The number of rotatable bonds is 20. The minimum absolute atomic E-state index is 0.0111. The average molecular weight is 701 g/mol. The van der Waals surface area contributed by atoms with Crippen LogP contribution in [0, 0.1) is 0 Å². The Labute approximate surface area is 304 Å². The number of anilines is 2. The fourth-order valence-electron chi connectivity index (χ4n) is 5.57. The highest BCUT2D eigenvalue weighted by atomic mass is 16.6. The van der Waals surface area contributed by atoms with Crippen molar-refractivity contribution in [3.63, 3.8) is 0 Å². The Hall–Kier alpha value is -4.86. The van der Waals surface area contributed by atoms with Crippen molar-refractivity contribution in [3.05, 3.63) is 60.9 Å². The van der Waals surface area contributed by atoms with Crippen LogP contribution in [-0.2, 0) is 0 Å². The van der Waals surface area contributed by atoms with E-state index in [4.69, 9.17) is 38.4 Å². The van der Waals surface area contributed by atoms with Crippen molar-refractivity contribution < 1.29 is 28.4 Å². The molecule has 0 amide bonds. The zero-order chi connectivity index (χ0) is 36.9. The molecule has 0 aliphatic carbocycles. The first-order chi connectivity index (χ1) is 24.6. The van der Waals surface area contributed by atoms with E-state index in [1.165, 1.54) is 0 Å². The maximum Gasteiger partial charge on any atom is 0.203 e. The Kier molecular flexibility index (Phi) is 14.5. The van der Waals surface area contributed by atoms with Gasteiger partial charge in [-0.1, -0.05) is 0 Å². The average Bonchev–Trinajstić information content (AvgIpc) is 3.11. The van der Waals surface area contributed by atoms with Crippen LogP contribution in [-0.4, -0.2) is 75.8 Å². The second-order valence-corrected chi connectivity index (χ2v) is 12.7. The molecule has 4 rings (SSSR count). The smallest absolute Gasteiger partial charge is 0.203 e. The van der Waals surface area contributed by atoms with Gasteiger partial charge in [0.2, 0.25) is 11.5 Å². The summed E-state index contributed by atoms with van der Waals surface area (Å²) in [5, 5.41) is 0. The fraction of sp³-hybridized carbons (Fsp3) is 0.463. The van der Waals surface area contributed by atoms with Crippen LogP contribution in [0.25, 0.3) is 22.5 Å².